The summed E-state index contributed by atoms with van der Waals surface area (Å²) in [5.74, 6) is -0.236. The van der Waals surface area contributed by atoms with E-state index in [4.69, 9.17) is 0 Å². The summed E-state index contributed by atoms with van der Waals surface area (Å²) < 4.78 is 39.2. The van der Waals surface area contributed by atoms with Gasteiger partial charge in [0.25, 0.3) is 0 Å². The highest BCUT2D eigenvalue weighted by Crippen LogP contribution is 2.30. The van der Waals surface area contributed by atoms with Gasteiger partial charge in [0.2, 0.25) is 5.91 Å². The Morgan fingerprint density at radius 1 is 0.944 bits per heavy atom. The Hall–Kier alpha value is -3.33. The number of amides is 3. The second kappa shape index (κ2) is 12.6. The molecule has 0 aliphatic heterocycles. The third kappa shape index (κ3) is 8.12. The molecule has 0 saturated carbocycles. The molecule has 0 bridgehead atoms. The fourth-order valence-electron chi connectivity index (χ4n) is 3.63. The molecule has 0 spiro atoms. The maximum absolute atomic E-state index is 13.4. The summed E-state index contributed by atoms with van der Waals surface area (Å²) in [6.07, 6.45) is -3.06. The first-order chi connectivity index (χ1) is 17.2. The Bertz CT molecular complexity index is 1150. The third-order valence-electron chi connectivity index (χ3n) is 5.55. The van der Waals surface area contributed by atoms with Gasteiger partial charge < -0.3 is 15.1 Å². The standard InChI is InChI=1S/C27H30F3N3O2S/c1-3-4-15-32(26(35)31-23-12-8-11-22(16-23)27(28,29)30)19-25(34)33(17-21-9-6-5-7-10-21)18-24-14-13-20(2)36-24/h5-14,16H,3-4,15,17-19H2,1-2H3,(H,31,35). The Kier molecular flexibility index (Phi) is 9.52. The number of aryl methyl sites for hydroxylation is 1. The molecule has 36 heavy (non-hydrogen) atoms. The number of benzene rings is 2. The van der Waals surface area contributed by atoms with Crippen LogP contribution < -0.4 is 5.32 Å². The summed E-state index contributed by atoms with van der Waals surface area (Å²) in [6.45, 7) is 4.89. The van der Waals surface area contributed by atoms with Gasteiger partial charge in [0.05, 0.1) is 12.1 Å². The summed E-state index contributed by atoms with van der Waals surface area (Å²) in [6, 6.07) is 17.4. The highest BCUT2D eigenvalue weighted by Gasteiger charge is 2.30. The van der Waals surface area contributed by atoms with E-state index in [0.29, 0.717) is 26.1 Å². The number of nitrogens with zero attached hydrogens (tertiary/aromatic N) is 2. The van der Waals surface area contributed by atoms with Crippen LogP contribution in [0.5, 0.6) is 0 Å². The second-order valence-corrected chi connectivity index (χ2v) is 9.90. The molecule has 192 valence electrons. The van der Waals surface area contributed by atoms with E-state index in [2.05, 4.69) is 5.32 Å². The average molecular weight is 518 g/mol. The number of carbonyl (C=O) groups is 2. The van der Waals surface area contributed by atoms with Crippen LogP contribution in [0.1, 0.15) is 40.6 Å². The maximum atomic E-state index is 13.4. The van der Waals surface area contributed by atoms with Crippen molar-refractivity contribution in [2.24, 2.45) is 0 Å². The van der Waals surface area contributed by atoms with Crippen LogP contribution in [0.2, 0.25) is 0 Å². The number of nitrogens with one attached hydrogen (secondary N) is 1. The number of anilines is 1. The van der Waals surface area contributed by atoms with Gasteiger partial charge in [0, 0.05) is 28.5 Å². The first-order valence-electron chi connectivity index (χ1n) is 11.8. The van der Waals surface area contributed by atoms with Gasteiger partial charge >= 0.3 is 12.2 Å². The smallest absolute Gasteiger partial charge is 0.332 e. The van der Waals surface area contributed by atoms with Gasteiger partial charge in [-0.2, -0.15) is 13.2 Å². The number of alkyl halides is 3. The molecule has 0 fully saturated rings. The van der Waals surface area contributed by atoms with Crippen molar-refractivity contribution in [2.75, 3.05) is 18.4 Å². The van der Waals surface area contributed by atoms with Crippen LogP contribution >= 0.6 is 11.3 Å². The molecule has 9 heteroatoms. The fourth-order valence-corrected chi connectivity index (χ4v) is 4.54. The number of rotatable bonds is 10. The molecule has 3 rings (SSSR count). The number of urea groups is 1. The van der Waals surface area contributed by atoms with Crippen molar-refractivity contribution >= 4 is 29.0 Å². The van der Waals surface area contributed by atoms with Crippen molar-refractivity contribution in [2.45, 2.75) is 46.0 Å². The van der Waals surface area contributed by atoms with E-state index in [0.717, 1.165) is 33.9 Å². The van der Waals surface area contributed by atoms with Crippen molar-refractivity contribution in [3.05, 3.63) is 87.6 Å². The molecule has 0 aliphatic carbocycles. The van der Waals surface area contributed by atoms with Gasteiger partial charge in [-0.1, -0.05) is 49.7 Å². The lowest BCUT2D eigenvalue weighted by Gasteiger charge is -2.28. The minimum atomic E-state index is -4.52. The number of halogens is 3. The number of unbranched alkanes of at least 4 members (excludes halogenated alkanes) is 1. The lowest BCUT2D eigenvalue weighted by Crippen LogP contribution is -2.44. The average Bonchev–Trinajstić information content (AvgIpc) is 3.26. The molecular weight excluding hydrogens is 487 g/mol. The summed E-state index contributed by atoms with van der Waals surface area (Å²) in [5.41, 5.74) is 0.142. The molecule has 2 aromatic carbocycles. The lowest BCUT2D eigenvalue weighted by molar-refractivity contribution is -0.137. The van der Waals surface area contributed by atoms with Crippen LogP contribution in [0.3, 0.4) is 0 Å². The molecule has 1 aromatic heterocycles. The van der Waals surface area contributed by atoms with E-state index in [1.807, 2.05) is 56.3 Å². The molecular formula is C27H30F3N3O2S. The third-order valence-corrected chi connectivity index (χ3v) is 6.53. The first-order valence-corrected chi connectivity index (χ1v) is 12.6. The number of hydrogen-bond donors (Lipinski definition) is 1. The van der Waals surface area contributed by atoms with Crippen molar-refractivity contribution < 1.29 is 22.8 Å². The van der Waals surface area contributed by atoms with E-state index >= 15 is 0 Å². The molecule has 0 saturated heterocycles. The van der Waals surface area contributed by atoms with E-state index in [1.165, 1.54) is 17.0 Å². The van der Waals surface area contributed by atoms with Crippen LogP contribution in [0.15, 0.2) is 66.7 Å². The van der Waals surface area contributed by atoms with Crippen LogP contribution in [-0.2, 0) is 24.1 Å². The number of carbonyl (C=O) groups excluding carboxylic acids is 2. The van der Waals surface area contributed by atoms with Crippen LogP contribution in [0.25, 0.3) is 0 Å². The zero-order valence-electron chi connectivity index (χ0n) is 20.3. The Morgan fingerprint density at radius 3 is 2.33 bits per heavy atom. The van der Waals surface area contributed by atoms with Gasteiger partial charge in [0.15, 0.2) is 0 Å². The van der Waals surface area contributed by atoms with E-state index < -0.39 is 17.8 Å². The zero-order chi connectivity index (χ0) is 26.1. The van der Waals surface area contributed by atoms with Crippen LogP contribution in [-0.4, -0.2) is 34.8 Å². The number of thiophene rings is 1. The van der Waals surface area contributed by atoms with E-state index in [9.17, 15) is 22.8 Å². The quantitative estimate of drug-likeness (QED) is 0.317. The predicted molar refractivity (Wildman–Crippen MR) is 137 cm³/mol. The zero-order valence-corrected chi connectivity index (χ0v) is 21.2. The summed E-state index contributed by atoms with van der Waals surface area (Å²) in [5, 5.41) is 2.53. The molecule has 3 aromatic rings. The van der Waals surface area contributed by atoms with Crippen LogP contribution in [0, 0.1) is 6.92 Å². The summed E-state index contributed by atoms with van der Waals surface area (Å²) >= 11 is 1.61. The molecule has 0 radical (unpaired) electrons. The van der Waals surface area contributed by atoms with Gasteiger partial charge in [-0.25, -0.2) is 4.79 Å². The highest BCUT2D eigenvalue weighted by molar-refractivity contribution is 7.11. The van der Waals surface area contributed by atoms with Crippen molar-refractivity contribution in [1.29, 1.82) is 0 Å². The van der Waals surface area contributed by atoms with Gasteiger partial charge in [0.1, 0.15) is 6.54 Å². The topological polar surface area (TPSA) is 52.7 Å². The Balaban J connectivity index is 1.76. The van der Waals surface area contributed by atoms with E-state index in [1.54, 1.807) is 16.2 Å². The van der Waals surface area contributed by atoms with Gasteiger partial charge in [-0.3, -0.25) is 4.79 Å². The number of hydrogen-bond acceptors (Lipinski definition) is 3. The molecule has 3 amide bonds. The fraction of sp³-hybridized carbons (Fsp3) is 0.333. The molecule has 0 unspecified atom stereocenters. The van der Waals surface area contributed by atoms with Crippen molar-refractivity contribution in [3.8, 4) is 0 Å². The van der Waals surface area contributed by atoms with Crippen LogP contribution in [0.4, 0.5) is 23.7 Å². The molecule has 5 nitrogen and oxygen atoms in total. The largest absolute Gasteiger partial charge is 0.416 e. The second-order valence-electron chi connectivity index (χ2n) is 8.53. The van der Waals surface area contributed by atoms with Gasteiger partial charge in [-0.05, 0) is 49.2 Å². The van der Waals surface area contributed by atoms with E-state index in [-0.39, 0.29) is 18.1 Å². The Labute approximate surface area is 213 Å². The molecule has 0 atom stereocenters. The minimum absolute atomic E-state index is 0.0268. The summed E-state index contributed by atoms with van der Waals surface area (Å²) in [7, 11) is 0. The monoisotopic (exact) mass is 517 g/mol. The predicted octanol–water partition coefficient (Wildman–Crippen LogP) is 6.94. The maximum Gasteiger partial charge on any atom is 0.416 e. The molecule has 1 heterocycles. The molecule has 1 N–H and O–H groups in total. The summed E-state index contributed by atoms with van der Waals surface area (Å²) in [4.78, 5) is 31.7. The SMILES string of the molecule is CCCCN(CC(=O)N(Cc1ccccc1)Cc1ccc(C)s1)C(=O)Nc1cccc(C(F)(F)F)c1. The Morgan fingerprint density at radius 2 is 1.69 bits per heavy atom. The van der Waals surface area contributed by atoms with Crippen molar-refractivity contribution in [3.63, 3.8) is 0 Å². The normalized spacial score (nSPS) is 11.2. The first kappa shape index (κ1) is 27.3. The highest BCUT2D eigenvalue weighted by atomic mass is 32.1. The van der Waals surface area contributed by atoms with Crippen molar-refractivity contribution in [1.82, 2.24) is 9.80 Å². The molecule has 0 aliphatic rings. The van der Waals surface area contributed by atoms with Gasteiger partial charge in [-0.15, -0.1) is 11.3 Å². The minimum Gasteiger partial charge on any atom is -0.332 e. The lowest BCUT2D eigenvalue weighted by atomic mass is 10.2.